The van der Waals surface area contributed by atoms with E-state index in [2.05, 4.69) is 4.74 Å². The summed E-state index contributed by atoms with van der Waals surface area (Å²) >= 11 is 0. The second-order valence-corrected chi connectivity index (χ2v) is 4.61. The normalized spacial score (nSPS) is 10.0. The molecule has 1 aromatic rings. The van der Waals surface area contributed by atoms with Crippen LogP contribution in [0.25, 0.3) is 0 Å². The van der Waals surface area contributed by atoms with Gasteiger partial charge in [-0.15, -0.1) is 0 Å². The molecule has 1 rings (SSSR count). The van der Waals surface area contributed by atoms with E-state index >= 15 is 0 Å². The van der Waals surface area contributed by atoms with Gasteiger partial charge >= 0.3 is 5.97 Å². The molecule has 0 spiro atoms. The number of rotatable bonds is 8. The SMILES string of the molecule is CCN(CCC(=O)OC)C(=O)CCc1ccccc1OC. The van der Waals surface area contributed by atoms with Gasteiger partial charge in [-0.1, -0.05) is 18.2 Å². The van der Waals surface area contributed by atoms with Gasteiger partial charge in [-0.05, 0) is 25.0 Å². The predicted molar refractivity (Wildman–Crippen MR) is 80.2 cm³/mol. The number of nitrogens with zero attached hydrogens (tertiary/aromatic N) is 1. The highest BCUT2D eigenvalue weighted by atomic mass is 16.5. The number of aryl methyl sites for hydroxylation is 1. The van der Waals surface area contributed by atoms with Crippen molar-refractivity contribution in [2.24, 2.45) is 0 Å². The Kier molecular flexibility index (Phi) is 7.29. The summed E-state index contributed by atoms with van der Waals surface area (Å²) in [7, 11) is 2.97. The maximum Gasteiger partial charge on any atom is 0.307 e. The molecule has 1 aromatic carbocycles. The number of methoxy groups -OCH3 is 2. The van der Waals surface area contributed by atoms with E-state index in [4.69, 9.17) is 4.74 Å². The molecular formula is C16H23NO4. The van der Waals surface area contributed by atoms with Crippen molar-refractivity contribution in [3.63, 3.8) is 0 Å². The van der Waals surface area contributed by atoms with Crippen molar-refractivity contribution >= 4 is 11.9 Å². The molecule has 5 nitrogen and oxygen atoms in total. The first-order valence-electron chi connectivity index (χ1n) is 7.08. The van der Waals surface area contributed by atoms with Gasteiger partial charge in [0.15, 0.2) is 0 Å². The number of carbonyl (C=O) groups is 2. The van der Waals surface area contributed by atoms with Gasteiger partial charge in [0, 0.05) is 19.5 Å². The Morgan fingerprint density at radius 3 is 2.48 bits per heavy atom. The molecule has 21 heavy (non-hydrogen) atoms. The quantitative estimate of drug-likeness (QED) is 0.688. The molecule has 0 heterocycles. The molecule has 0 aromatic heterocycles. The fourth-order valence-electron chi connectivity index (χ4n) is 2.10. The number of esters is 1. The summed E-state index contributed by atoms with van der Waals surface area (Å²) in [5, 5.41) is 0. The number of amides is 1. The third-order valence-electron chi connectivity index (χ3n) is 3.35. The molecule has 1 amide bonds. The molecule has 0 radical (unpaired) electrons. The van der Waals surface area contributed by atoms with Crippen LogP contribution >= 0.6 is 0 Å². The van der Waals surface area contributed by atoms with Gasteiger partial charge in [-0.2, -0.15) is 0 Å². The zero-order valence-corrected chi connectivity index (χ0v) is 12.9. The molecule has 0 atom stereocenters. The molecule has 0 N–H and O–H groups in total. The molecule has 0 saturated heterocycles. The van der Waals surface area contributed by atoms with E-state index < -0.39 is 0 Å². The van der Waals surface area contributed by atoms with E-state index in [1.807, 2.05) is 31.2 Å². The molecule has 0 saturated carbocycles. The standard InChI is InChI=1S/C16H23NO4/c1-4-17(12-11-16(19)21-3)15(18)10-9-13-7-5-6-8-14(13)20-2/h5-8H,4,9-12H2,1-3H3. The Labute approximate surface area is 125 Å². The lowest BCUT2D eigenvalue weighted by atomic mass is 10.1. The van der Waals surface area contributed by atoms with Gasteiger partial charge < -0.3 is 14.4 Å². The van der Waals surface area contributed by atoms with Crippen molar-refractivity contribution in [2.45, 2.75) is 26.2 Å². The van der Waals surface area contributed by atoms with Crippen LogP contribution in [-0.2, 0) is 20.7 Å². The van der Waals surface area contributed by atoms with Crippen LogP contribution in [0.1, 0.15) is 25.3 Å². The number of para-hydroxylation sites is 1. The van der Waals surface area contributed by atoms with Gasteiger partial charge in [0.05, 0.1) is 20.6 Å². The summed E-state index contributed by atoms with van der Waals surface area (Å²) in [6, 6.07) is 7.67. The Bertz CT molecular complexity index is 473. The molecule has 0 aliphatic rings. The van der Waals surface area contributed by atoms with Crippen molar-refractivity contribution in [1.82, 2.24) is 4.90 Å². The summed E-state index contributed by atoms with van der Waals surface area (Å²) in [4.78, 5) is 25.0. The first-order valence-corrected chi connectivity index (χ1v) is 7.08. The maximum atomic E-state index is 12.2. The van der Waals surface area contributed by atoms with Crippen LogP contribution in [0.5, 0.6) is 5.75 Å². The van der Waals surface area contributed by atoms with E-state index in [1.54, 1.807) is 12.0 Å². The second kappa shape index (κ2) is 9.00. The summed E-state index contributed by atoms with van der Waals surface area (Å²) in [6.45, 7) is 2.88. The van der Waals surface area contributed by atoms with Gasteiger partial charge in [-0.25, -0.2) is 0 Å². The highest BCUT2D eigenvalue weighted by Crippen LogP contribution is 2.19. The highest BCUT2D eigenvalue weighted by Gasteiger charge is 2.14. The molecule has 0 unspecified atom stereocenters. The summed E-state index contributed by atoms with van der Waals surface area (Å²) < 4.78 is 9.86. The van der Waals surface area contributed by atoms with Crippen LogP contribution in [-0.4, -0.2) is 44.1 Å². The molecule has 116 valence electrons. The Hall–Kier alpha value is -2.04. The van der Waals surface area contributed by atoms with E-state index in [-0.39, 0.29) is 18.3 Å². The summed E-state index contributed by atoms with van der Waals surface area (Å²) in [5.41, 5.74) is 1.01. The molecule has 5 heteroatoms. The molecule has 0 aliphatic carbocycles. The van der Waals surface area contributed by atoms with Crippen LogP contribution < -0.4 is 4.74 Å². The van der Waals surface area contributed by atoms with Crippen molar-refractivity contribution < 1.29 is 19.1 Å². The van der Waals surface area contributed by atoms with Gasteiger partial charge in [0.2, 0.25) is 5.91 Å². The fraction of sp³-hybridized carbons (Fsp3) is 0.500. The number of ether oxygens (including phenoxy) is 2. The van der Waals surface area contributed by atoms with Crippen molar-refractivity contribution in [2.75, 3.05) is 27.3 Å². The number of hydrogen-bond acceptors (Lipinski definition) is 4. The van der Waals surface area contributed by atoms with E-state index in [9.17, 15) is 9.59 Å². The number of benzene rings is 1. The largest absolute Gasteiger partial charge is 0.496 e. The van der Waals surface area contributed by atoms with Crippen LogP contribution in [0, 0.1) is 0 Å². The lowest BCUT2D eigenvalue weighted by Gasteiger charge is -2.20. The Morgan fingerprint density at radius 2 is 1.86 bits per heavy atom. The van der Waals surface area contributed by atoms with Crippen molar-refractivity contribution in [3.05, 3.63) is 29.8 Å². The summed E-state index contributed by atoms with van der Waals surface area (Å²) in [6.07, 6.45) is 1.25. The minimum atomic E-state index is -0.300. The first-order chi connectivity index (χ1) is 10.1. The zero-order valence-electron chi connectivity index (χ0n) is 12.9. The van der Waals surface area contributed by atoms with E-state index in [0.717, 1.165) is 11.3 Å². The number of hydrogen-bond donors (Lipinski definition) is 0. The lowest BCUT2D eigenvalue weighted by Crippen LogP contribution is -2.33. The minimum Gasteiger partial charge on any atom is -0.496 e. The third kappa shape index (κ3) is 5.45. The molecule has 0 bridgehead atoms. The van der Waals surface area contributed by atoms with E-state index in [1.165, 1.54) is 7.11 Å². The van der Waals surface area contributed by atoms with Crippen LogP contribution in [0.3, 0.4) is 0 Å². The monoisotopic (exact) mass is 293 g/mol. The Morgan fingerprint density at radius 1 is 1.14 bits per heavy atom. The van der Waals surface area contributed by atoms with Crippen LogP contribution in [0.2, 0.25) is 0 Å². The van der Waals surface area contributed by atoms with Crippen LogP contribution in [0.15, 0.2) is 24.3 Å². The average molecular weight is 293 g/mol. The zero-order chi connectivity index (χ0) is 15.7. The lowest BCUT2D eigenvalue weighted by molar-refractivity contribution is -0.141. The van der Waals surface area contributed by atoms with Gasteiger partial charge in [0.25, 0.3) is 0 Å². The second-order valence-electron chi connectivity index (χ2n) is 4.61. The average Bonchev–Trinajstić information content (AvgIpc) is 2.53. The van der Waals surface area contributed by atoms with Crippen molar-refractivity contribution in [1.29, 1.82) is 0 Å². The topological polar surface area (TPSA) is 55.8 Å². The summed E-state index contributed by atoms with van der Waals surface area (Å²) in [5.74, 6) is 0.529. The van der Waals surface area contributed by atoms with Crippen molar-refractivity contribution in [3.8, 4) is 5.75 Å². The first kappa shape index (κ1) is 17.0. The maximum absolute atomic E-state index is 12.2. The Balaban J connectivity index is 2.52. The van der Waals surface area contributed by atoms with E-state index in [0.29, 0.717) is 25.9 Å². The third-order valence-corrected chi connectivity index (χ3v) is 3.35. The van der Waals surface area contributed by atoms with Crippen LogP contribution in [0.4, 0.5) is 0 Å². The van der Waals surface area contributed by atoms with Gasteiger partial charge in [-0.3, -0.25) is 9.59 Å². The molecule has 0 aliphatic heterocycles. The fourth-order valence-corrected chi connectivity index (χ4v) is 2.10. The minimum absolute atomic E-state index is 0.0345. The number of carbonyl (C=O) groups excluding carboxylic acids is 2. The highest BCUT2D eigenvalue weighted by molar-refractivity contribution is 5.77. The van der Waals surface area contributed by atoms with Gasteiger partial charge in [0.1, 0.15) is 5.75 Å². The molecule has 0 fully saturated rings. The smallest absolute Gasteiger partial charge is 0.307 e. The molecular weight excluding hydrogens is 270 g/mol. The predicted octanol–water partition coefficient (Wildman–Crippen LogP) is 2.04.